The summed E-state index contributed by atoms with van der Waals surface area (Å²) >= 11 is 0. The largest absolute Gasteiger partial charge is 0.301 e. The molecule has 2 nitrogen and oxygen atoms in total. The van der Waals surface area contributed by atoms with E-state index in [0.29, 0.717) is 12.8 Å². The minimum atomic E-state index is -0.974. The zero-order valence-corrected chi connectivity index (χ0v) is 9.86. The second-order valence-electron chi connectivity index (χ2n) is 3.10. The van der Waals surface area contributed by atoms with Crippen LogP contribution in [0.2, 0.25) is 0 Å². The van der Waals surface area contributed by atoms with Crippen molar-refractivity contribution in [3.8, 4) is 0 Å². The van der Waals surface area contributed by atoms with Crippen LogP contribution in [0.4, 0.5) is 8.78 Å². The van der Waals surface area contributed by atoms with Crippen molar-refractivity contribution in [2.75, 3.05) is 0 Å². The zero-order valence-electron chi connectivity index (χ0n) is 8.45. The molecule has 0 aromatic carbocycles. The Balaban J connectivity index is 3.23. The van der Waals surface area contributed by atoms with Crippen molar-refractivity contribution in [2.45, 2.75) is 52.1 Å². The summed E-state index contributed by atoms with van der Waals surface area (Å²) in [6.07, 6.45) is 0.738. The van der Waals surface area contributed by atoms with E-state index < -0.39 is 22.4 Å². The first-order valence-corrected chi connectivity index (χ1v) is 6.37. The molecule has 2 N–H and O–H groups in total. The third-order valence-electron chi connectivity index (χ3n) is 1.73. The highest BCUT2D eigenvalue weighted by molar-refractivity contribution is 6.28. The summed E-state index contributed by atoms with van der Waals surface area (Å²) < 4.78 is 25.6. The predicted octanol–water partition coefficient (Wildman–Crippen LogP) is 1.36. The quantitative estimate of drug-likeness (QED) is 0.467. The lowest BCUT2D eigenvalue weighted by molar-refractivity contribution is 0.277. The van der Waals surface area contributed by atoms with Crippen molar-refractivity contribution in [1.29, 1.82) is 0 Å². The van der Waals surface area contributed by atoms with E-state index in [1.54, 1.807) is 0 Å². The molecular weight excluding hydrogens is 190 g/mol. The van der Waals surface area contributed by atoms with Crippen LogP contribution in [-0.4, -0.2) is 22.4 Å². The Morgan fingerprint density at radius 1 is 1.00 bits per heavy atom. The summed E-state index contributed by atoms with van der Waals surface area (Å²) in [7, 11) is -0.974. The van der Waals surface area contributed by atoms with Gasteiger partial charge in [-0.25, -0.2) is 8.78 Å². The summed E-state index contributed by atoms with van der Waals surface area (Å²) in [5.41, 5.74) is 0. The van der Waals surface area contributed by atoms with Crippen LogP contribution >= 0.6 is 0 Å². The van der Waals surface area contributed by atoms with Crippen molar-refractivity contribution in [3.05, 3.63) is 0 Å². The molecule has 0 rings (SSSR count). The molecule has 0 aliphatic heterocycles. The van der Waals surface area contributed by atoms with Gasteiger partial charge >= 0.3 is 0 Å². The Morgan fingerprint density at radius 2 is 1.38 bits per heavy atom. The van der Waals surface area contributed by atoms with Crippen LogP contribution in [0, 0.1) is 0 Å². The normalized spacial score (nSPS) is 16.6. The van der Waals surface area contributed by atoms with E-state index in [1.165, 1.54) is 0 Å². The highest BCUT2D eigenvalue weighted by Crippen LogP contribution is 1.97. The summed E-state index contributed by atoms with van der Waals surface area (Å²) in [6.45, 7) is 3.86. The highest BCUT2D eigenvalue weighted by atomic mass is 28.2. The number of hydrogen-bond acceptors (Lipinski definition) is 2. The topological polar surface area (TPSA) is 24.1 Å². The lowest BCUT2D eigenvalue weighted by atomic mass is 10.3. The van der Waals surface area contributed by atoms with E-state index in [0.717, 1.165) is 12.8 Å². The Bertz CT molecular complexity index is 104. The fourth-order valence-electron chi connectivity index (χ4n) is 0.991. The smallest absolute Gasteiger partial charge is 0.172 e. The fraction of sp³-hybridized carbons (Fsp3) is 1.00. The lowest BCUT2D eigenvalue weighted by Gasteiger charge is -2.12. The van der Waals surface area contributed by atoms with Gasteiger partial charge < -0.3 is 9.96 Å². The van der Waals surface area contributed by atoms with Crippen LogP contribution in [0.15, 0.2) is 0 Å². The van der Waals surface area contributed by atoms with Crippen LogP contribution in [0.3, 0.4) is 0 Å². The van der Waals surface area contributed by atoms with Crippen LogP contribution in [0.5, 0.6) is 0 Å². The highest BCUT2D eigenvalue weighted by Gasteiger charge is 2.06. The van der Waals surface area contributed by atoms with E-state index in [-0.39, 0.29) is 0 Å². The maximum Gasteiger partial charge on any atom is 0.172 e. The van der Waals surface area contributed by atoms with E-state index >= 15 is 0 Å². The van der Waals surface area contributed by atoms with E-state index in [2.05, 4.69) is 9.96 Å². The fourth-order valence-corrected chi connectivity index (χ4v) is 1.96. The van der Waals surface area contributed by atoms with Crippen LogP contribution in [0.25, 0.3) is 0 Å². The first-order chi connectivity index (χ1) is 6.20. The van der Waals surface area contributed by atoms with Gasteiger partial charge in [-0.05, 0) is 12.8 Å². The zero-order chi connectivity index (χ0) is 10.1. The number of nitrogens with one attached hydrogen (secondary N) is 2. The molecule has 0 spiro atoms. The SMILES string of the molecule is CCCC(F)N[SiH2]NC(F)CCC. The van der Waals surface area contributed by atoms with Gasteiger partial charge in [-0.3, -0.25) is 0 Å². The van der Waals surface area contributed by atoms with Crippen molar-refractivity contribution in [2.24, 2.45) is 0 Å². The Morgan fingerprint density at radius 3 is 1.69 bits per heavy atom. The predicted molar refractivity (Wildman–Crippen MR) is 54.4 cm³/mol. The first kappa shape index (κ1) is 13.0. The van der Waals surface area contributed by atoms with E-state index in [9.17, 15) is 8.78 Å². The molecule has 0 radical (unpaired) electrons. The third kappa shape index (κ3) is 8.33. The summed E-state index contributed by atoms with van der Waals surface area (Å²) in [5, 5.41) is 0. The molecule has 0 aromatic rings. The molecule has 5 heteroatoms. The average molecular weight is 210 g/mol. The molecule has 0 fully saturated rings. The first-order valence-electron chi connectivity index (χ1n) is 4.95. The number of hydrogen-bond donors (Lipinski definition) is 2. The van der Waals surface area contributed by atoms with Crippen LogP contribution in [0.1, 0.15) is 39.5 Å². The standard InChI is InChI=1S/C8H20F2N2Si/c1-3-5-7(9)11-13-12-8(10)6-4-2/h7-8,11-12H,3-6,13H2,1-2H3. The molecule has 0 saturated carbocycles. The molecule has 0 bridgehead atoms. The maximum absolute atomic E-state index is 12.8. The molecule has 2 atom stereocenters. The molecule has 0 aliphatic carbocycles. The van der Waals surface area contributed by atoms with Gasteiger partial charge in [0.2, 0.25) is 0 Å². The second kappa shape index (κ2) is 8.59. The van der Waals surface area contributed by atoms with E-state index in [1.807, 2.05) is 13.8 Å². The number of rotatable bonds is 8. The Hall–Kier alpha value is -0.00312. The van der Waals surface area contributed by atoms with Gasteiger partial charge in [0.15, 0.2) is 9.84 Å². The molecule has 0 heterocycles. The van der Waals surface area contributed by atoms with Gasteiger partial charge in [0.1, 0.15) is 12.6 Å². The third-order valence-corrected chi connectivity index (χ3v) is 3.03. The Kier molecular flexibility index (Phi) is 8.59. The van der Waals surface area contributed by atoms with Crippen molar-refractivity contribution in [1.82, 2.24) is 9.96 Å². The average Bonchev–Trinajstić information content (AvgIpc) is 2.05. The molecule has 0 saturated heterocycles. The van der Waals surface area contributed by atoms with Crippen LogP contribution < -0.4 is 9.96 Å². The molecule has 0 aromatic heterocycles. The van der Waals surface area contributed by atoms with Crippen molar-refractivity contribution >= 4 is 9.84 Å². The molecule has 2 unspecified atom stereocenters. The van der Waals surface area contributed by atoms with Gasteiger partial charge in [-0.1, -0.05) is 26.7 Å². The van der Waals surface area contributed by atoms with E-state index in [4.69, 9.17) is 0 Å². The van der Waals surface area contributed by atoms with Gasteiger partial charge in [0.05, 0.1) is 0 Å². The monoisotopic (exact) mass is 210 g/mol. The van der Waals surface area contributed by atoms with Gasteiger partial charge in [-0.15, -0.1) is 0 Å². The number of alkyl halides is 2. The van der Waals surface area contributed by atoms with Crippen molar-refractivity contribution < 1.29 is 8.78 Å². The maximum atomic E-state index is 12.8. The molecule has 0 amide bonds. The van der Waals surface area contributed by atoms with Gasteiger partial charge in [0, 0.05) is 0 Å². The van der Waals surface area contributed by atoms with Gasteiger partial charge in [-0.2, -0.15) is 0 Å². The molecular formula is C8H20F2N2Si. The Labute approximate surface area is 81.5 Å². The van der Waals surface area contributed by atoms with Gasteiger partial charge in [0.25, 0.3) is 0 Å². The molecule has 0 aliphatic rings. The second-order valence-corrected chi connectivity index (χ2v) is 4.27. The minimum absolute atomic E-state index is 0.513. The van der Waals surface area contributed by atoms with Crippen LogP contribution in [-0.2, 0) is 0 Å². The molecule has 13 heavy (non-hydrogen) atoms. The summed E-state index contributed by atoms with van der Waals surface area (Å²) in [5.74, 6) is 0. The summed E-state index contributed by atoms with van der Waals surface area (Å²) in [4.78, 5) is 5.39. The minimum Gasteiger partial charge on any atom is -0.301 e. The number of halogens is 2. The lowest BCUT2D eigenvalue weighted by Crippen LogP contribution is -2.41. The van der Waals surface area contributed by atoms with Crippen molar-refractivity contribution in [3.63, 3.8) is 0 Å². The molecule has 80 valence electrons. The summed E-state index contributed by atoms with van der Waals surface area (Å²) in [6, 6.07) is 0.